The molecule has 1 atom stereocenters. The number of benzene rings is 1. The van der Waals surface area contributed by atoms with Crippen LogP contribution in [0.1, 0.15) is 0 Å². The number of carbonyl (C=O) groups is 2. The number of nitrogens with one attached hydrogen (secondary N) is 1. The SMILES string of the molecule is COC1=CC2=NC(=O)C(CN(CCO)C(=O)Nc3cccc(Cl)c3)=CC2C=C1OC. The van der Waals surface area contributed by atoms with Crippen molar-refractivity contribution in [3.8, 4) is 0 Å². The van der Waals surface area contributed by atoms with E-state index in [2.05, 4.69) is 10.3 Å². The fraction of sp³-hybridized carbons (Fsp3) is 0.286. The topological polar surface area (TPSA) is 100 Å². The Balaban J connectivity index is 1.78. The highest BCUT2D eigenvalue weighted by Crippen LogP contribution is 2.27. The second-order valence-electron chi connectivity index (χ2n) is 6.59. The number of dihydropyridines is 1. The number of hydrogen-bond acceptors (Lipinski definition) is 5. The van der Waals surface area contributed by atoms with Crippen LogP contribution in [0.3, 0.4) is 0 Å². The number of anilines is 1. The van der Waals surface area contributed by atoms with Crippen LogP contribution in [0.25, 0.3) is 0 Å². The Bertz CT molecular complexity index is 967. The van der Waals surface area contributed by atoms with Crippen LogP contribution < -0.4 is 5.32 Å². The van der Waals surface area contributed by atoms with Gasteiger partial charge in [0.25, 0.3) is 5.91 Å². The molecule has 0 fully saturated rings. The molecule has 2 N–H and O–H groups in total. The summed E-state index contributed by atoms with van der Waals surface area (Å²) in [6.07, 6.45) is 5.20. The Kier molecular flexibility index (Phi) is 6.91. The smallest absolute Gasteiger partial charge is 0.322 e. The molecule has 0 saturated carbocycles. The number of rotatable bonds is 7. The second kappa shape index (κ2) is 9.60. The van der Waals surface area contributed by atoms with E-state index in [0.29, 0.717) is 33.5 Å². The number of aliphatic hydroxyl groups is 1. The number of nitrogens with zero attached hydrogens (tertiary/aromatic N) is 2. The molecule has 30 heavy (non-hydrogen) atoms. The average Bonchev–Trinajstić information content (AvgIpc) is 2.72. The van der Waals surface area contributed by atoms with Gasteiger partial charge in [0.15, 0.2) is 11.5 Å². The maximum atomic E-state index is 12.7. The highest BCUT2D eigenvalue weighted by molar-refractivity contribution is 6.30. The van der Waals surface area contributed by atoms with Crippen LogP contribution in [0.15, 0.2) is 64.6 Å². The van der Waals surface area contributed by atoms with Gasteiger partial charge in [-0.05, 0) is 24.3 Å². The van der Waals surface area contributed by atoms with Gasteiger partial charge in [-0.15, -0.1) is 0 Å². The van der Waals surface area contributed by atoms with E-state index in [1.54, 1.807) is 42.5 Å². The van der Waals surface area contributed by atoms with E-state index >= 15 is 0 Å². The van der Waals surface area contributed by atoms with Gasteiger partial charge in [-0.3, -0.25) is 4.79 Å². The van der Waals surface area contributed by atoms with E-state index in [1.807, 2.05) is 0 Å². The lowest BCUT2D eigenvalue weighted by Gasteiger charge is -2.26. The minimum absolute atomic E-state index is 0.00389. The predicted octanol–water partition coefficient (Wildman–Crippen LogP) is 2.76. The molecule has 0 bridgehead atoms. The second-order valence-corrected chi connectivity index (χ2v) is 7.03. The van der Waals surface area contributed by atoms with Crippen LogP contribution >= 0.6 is 11.6 Å². The van der Waals surface area contributed by atoms with E-state index in [1.165, 1.54) is 19.1 Å². The number of halogens is 1. The zero-order chi connectivity index (χ0) is 21.7. The Labute approximate surface area is 179 Å². The van der Waals surface area contributed by atoms with E-state index in [9.17, 15) is 14.7 Å². The van der Waals surface area contributed by atoms with Gasteiger partial charge < -0.3 is 24.8 Å². The zero-order valence-corrected chi connectivity index (χ0v) is 17.3. The molecular weight excluding hydrogens is 410 g/mol. The molecule has 1 aromatic carbocycles. The maximum absolute atomic E-state index is 12.7. The van der Waals surface area contributed by atoms with Crippen molar-refractivity contribution in [1.82, 2.24) is 4.90 Å². The normalized spacial score (nSPS) is 17.7. The van der Waals surface area contributed by atoms with E-state index < -0.39 is 11.9 Å². The fourth-order valence-corrected chi connectivity index (χ4v) is 3.34. The monoisotopic (exact) mass is 431 g/mol. The average molecular weight is 432 g/mol. The van der Waals surface area contributed by atoms with Crippen LogP contribution in [0.5, 0.6) is 0 Å². The third-order valence-electron chi connectivity index (χ3n) is 4.61. The first kappa shape index (κ1) is 21.6. The maximum Gasteiger partial charge on any atom is 0.322 e. The summed E-state index contributed by atoms with van der Waals surface area (Å²) >= 11 is 5.95. The van der Waals surface area contributed by atoms with Gasteiger partial charge in [0.1, 0.15) is 0 Å². The molecule has 3 rings (SSSR count). The number of fused-ring (bicyclic) bond motifs is 1. The highest BCUT2D eigenvalue weighted by Gasteiger charge is 2.29. The molecule has 1 aliphatic carbocycles. The summed E-state index contributed by atoms with van der Waals surface area (Å²) in [4.78, 5) is 30.7. The summed E-state index contributed by atoms with van der Waals surface area (Å²) in [5, 5.41) is 12.6. The number of aliphatic imine (C=N–C) groups is 1. The van der Waals surface area contributed by atoms with Gasteiger partial charge in [0.2, 0.25) is 0 Å². The lowest BCUT2D eigenvalue weighted by molar-refractivity contribution is -0.114. The largest absolute Gasteiger partial charge is 0.493 e. The Hall–Kier alpha value is -3.10. The van der Waals surface area contributed by atoms with Gasteiger partial charge in [-0.2, -0.15) is 0 Å². The summed E-state index contributed by atoms with van der Waals surface area (Å²) in [6, 6.07) is 6.24. The third kappa shape index (κ3) is 4.90. The van der Waals surface area contributed by atoms with Gasteiger partial charge in [0, 0.05) is 34.8 Å². The summed E-state index contributed by atoms with van der Waals surface area (Å²) < 4.78 is 10.6. The lowest BCUT2D eigenvalue weighted by Crippen LogP contribution is -2.40. The molecule has 1 heterocycles. The summed E-state index contributed by atoms with van der Waals surface area (Å²) in [5.74, 6) is 0.302. The van der Waals surface area contributed by atoms with Crippen molar-refractivity contribution >= 4 is 34.9 Å². The number of amides is 3. The van der Waals surface area contributed by atoms with Crippen molar-refractivity contribution in [3.05, 3.63) is 64.6 Å². The highest BCUT2D eigenvalue weighted by atomic mass is 35.5. The van der Waals surface area contributed by atoms with Crippen LogP contribution in [-0.4, -0.2) is 61.6 Å². The molecule has 0 aromatic heterocycles. The zero-order valence-electron chi connectivity index (χ0n) is 16.6. The van der Waals surface area contributed by atoms with Crippen LogP contribution in [-0.2, 0) is 14.3 Å². The summed E-state index contributed by atoms with van der Waals surface area (Å²) in [6.45, 7) is -0.211. The number of allylic oxidation sites excluding steroid dienone is 3. The first-order chi connectivity index (χ1) is 14.4. The summed E-state index contributed by atoms with van der Waals surface area (Å²) in [7, 11) is 3.04. The molecule has 1 unspecified atom stereocenters. The van der Waals surface area contributed by atoms with Crippen LogP contribution in [0, 0.1) is 5.92 Å². The number of hydrogen-bond donors (Lipinski definition) is 2. The number of aliphatic hydroxyl groups excluding tert-OH is 1. The molecule has 0 radical (unpaired) electrons. The van der Waals surface area contributed by atoms with E-state index in [4.69, 9.17) is 21.1 Å². The molecule has 1 aromatic rings. The first-order valence-electron chi connectivity index (χ1n) is 9.23. The predicted molar refractivity (Wildman–Crippen MR) is 113 cm³/mol. The molecule has 1 aliphatic heterocycles. The summed E-state index contributed by atoms with van der Waals surface area (Å²) in [5.41, 5.74) is 1.40. The lowest BCUT2D eigenvalue weighted by atomic mass is 9.91. The molecule has 9 heteroatoms. The van der Waals surface area contributed by atoms with E-state index in [-0.39, 0.29) is 25.6 Å². The van der Waals surface area contributed by atoms with Crippen LogP contribution in [0.4, 0.5) is 10.5 Å². The molecule has 158 valence electrons. The van der Waals surface area contributed by atoms with Crippen LogP contribution in [0.2, 0.25) is 5.02 Å². The van der Waals surface area contributed by atoms with Gasteiger partial charge in [0.05, 0.1) is 33.1 Å². The van der Waals surface area contributed by atoms with Crippen molar-refractivity contribution in [1.29, 1.82) is 0 Å². The van der Waals surface area contributed by atoms with Crippen molar-refractivity contribution < 1.29 is 24.2 Å². The van der Waals surface area contributed by atoms with Crippen molar-refractivity contribution in [2.45, 2.75) is 0 Å². The molecule has 3 amide bonds. The standard InChI is InChI=1S/C21H22ClN3O5/c1-29-18-9-13-8-14(20(27)24-17(13)11-19(18)30-2)12-25(6-7-26)21(28)23-16-5-3-4-15(22)10-16/h3-5,8-11,13,26H,6-7,12H2,1-2H3,(H,23,28). The first-order valence-corrected chi connectivity index (χ1v) is 9.60. The molecule has 2 aliphatic rings. The minimum atomic E-state index is -0.465. The molecule has 0 spiro atoms. The number of methoxy groups -OCH3 is 2. The Morgan fingerprint density at radius 3 is 2.70 bits per heavy atom. The molecule has 8 nitrogen and oxygen atoms in total. The number of urea groups is 1. The minimum Gasteiger partial charge on any atom is -0.493 e. The third-order valence-corrected chi connectivity index (χ3v) is 4.85. The Morgan fingerprint density at radius 2 is 2.03 bits per heavy atom. The van der Waals surface area contributed by atoms with Crippen molar-refractivity contribution in [3.63, 3.8) is 0 Å². The van der Waals surface area contributed by atoms with Gasteiger partial charge in [-0.1, -0.05) is 23.7 Å². The quantitative estimate of drug-likeness (QED) is 0.691. The van der Waals surface area contributed by atoms with E-state index in [0.717, 1.165) is 0 Å². The number of carbonyl (C=O) groups excluding carboxylic acids is 2. The Morgan fingerprint density at radius 1 is 1.27 bits per heavy atom. The fourth-order valence-electron chi connectivity index (χ4n) is 3.15. The van der Waals surface area contributed by atoms with Crippen molar-refractivity contribution in [2.75, 3.05) is 39.2 Å². The van der Waals surface area contributed by atoms with Gasteiger partial charge in [-0.25, -0.2) is 9.79 Å². The van der Waals surface area contributed by atoms with Gasteiger partial charge >= 0.3 is 6.03 Å². The number of ether oxygens (including phenoxy) is 2. The molecule has 0 saturated heterocycles. The molecular formula is C21H22ClN3O5. The van der Waals surface area contributed by atoms with Crippen molar-refractivity contribution in [2.24, 2.45) is 10.9 Å².